The Hall–Kier alpha value is -3.99. The Kier molecular flexibility index (Phi) is 8.02. The molecule has 5 N–H and O–H groups in total. The average molecular weight is 526 g/mol. The Morgan fingerprint density at radius 3 is 2.38 bits per heavy atom. The van der Waals surface area contributed by atoms with E-state index in [4.69, 9.17) is 16.2 Å². The standard InChI is InChI=1S/C26H28FN5O4S/c1-36-17-13-11-15(12-14-17)22(25(34)30-16-7-3-2-4-8-16)32(19-10-6-5-9-18(19)27)26(35)23-20(28)21(24(29)33)31-37-23/h5-6,9-14,16,22H,2-4,7-8,28H2,1H3,(H2,29,33)(H,30,34)/t22-/m1/s1. The molecule has 0 radical (unpaired) electrons. The first-order valence-corrected chi connectivity index (χ1v) is 12.7. The SMILES string of the molecule is COc1ccc([C@H](C(=O)NC2CCCCC2)N(C(=O)c2snc(C(N)=O)c2N)c2ccccc2F)cc1. The molecule has 1 atom stereocenters. The Labute approximate surface area is 217 Å². The van der Waals surface area contributed by atoms with E-state index in [-0.39, 0.29) is 28.0 Å². The minimum atomic E-state index is -1.25. The van der Waals surface area contributed by atoms with E-state index >= 15 is 4.39 Å². The van der Waals surface area contributed by atoms with E-state index < -0.39 is 29.6 Å². The highest BCUT2D eigenvalue weighted by Crippen LogP contribution is 2.35. The number of methoxy groups -OCH3 is 1. The van der Waals surface area contributed by atoms with Gasteiger partial charge in [-0.2, -0.15) is 4.37 Å². The van der Waals surface area contributed by atoms with Gasteiger partial charge in [0.25, 0.3) is 11.8 Å². The van der Waals surface area contributed by atoms with Gasteiger partial charge < -0.3 is 21.5 Å². The number of carbonyl (C=O) groups excluding carboxylic acids is 3. The van der Waals surface area contributed by atoms with Gasteiger partial charge in [-0.25, -0.2) is 4.39 Å². The molecule has 1 saturated carbocycles. The van der Waals surface area contributed by atoms with Crippen LogP contribution in [0.5, 0.6) is 5.75 Å². The molecule has 1 aliphatic rings. The van der Waals surface area contributed by atoms with Crippen LogP contribution in [0.4, 0.5) is 15.8 Å². The molecular formula is C26H28FN5O4S. The smallest absolute Gasteiger partial charge is 0.273 e. The number of aromatic nitrogens is 1. The summed E-state index contributed by atoms with van der Waals surface area (Å²) in [5.41, 5.74) is 11.2. The summed E-state index contributed by atoms with van der Waals surface area (Å²) in [4.78, 5) is 40.5. The molecule has 1 heterocycles. The number of hydrogen-bond acceptors (Lipinski definition) is 7. The number of benzene rings is 2. The number of nitrogens with one attached hydrogen (secondary N) is 1. The highest BCUT2D eigenvalue weighted by atomic mass is 32.1. The second-order valence-corrected chi connectivity index (χ2v) is 9.56. The Balaban J connectivity index is 1.85. The lowest BCUT2D eigenvalue weighted by atomic mass is 9.94. The molecule has 1 aliphatic carbocycles. The van der Waals surface area contributed by atoms with Crippen LogP contribution in [0.15, 0.2) is 48.5 Å². The van der Waals surface area contributed by atoms with E-state index in [1.54, 1.807) is 30.3 Å². The maximum atomic E-state index is 15.2. The van der Waals surface area contributed by atoms with Gasteiger partial charge in [-0.15, -0.1) is 0 Å². The first-order chi connectivity index (χ1) is 17.8. The van der Waals surface area contributed by atoms with Gasteiger partial charge in [0.05, 0.1) is 18.5 Å². The van der Waals surface area contributed by atoms with Crippen molar-refractivity contribution in [3.05, 3.63) is 70.5 Å². The zero-order chi connectivity index (χ0) is 26.5. The van der Waals surface area contributed by atoms with Gasteiger partial charge in [-0.05, 0) is 54.2 Å². The monoisotopic (exact) mass is 525 g/mol. The second-order valence-electron chi connectivity index (χ2n) is 8.78. The third-order valence-corrected chi connectivity index (χ3v) is 7.23. The van der Waals surface area contributed by atoms with Crippen LogP contribution in [0.1, 0.15) is 63.9 Å². The van der Waals surface area contributed by atoms with Crippen molar-refractivity contribution in [3.63, 3.8) is 0 Å². The lowest BCUT2D eigenvalue weighted by Crippen LogP contribution is -2.47. The zero-order valence-corrected chi connectivity index (χ0v) is 21.1. The number of nitrogen functional groups attached to an aromatic ring is 1. The van der Waals surface area contributed by atoms with E-state index in [1.807, 2.05) is 0 Å². The predicted octanol–water partition coefficient (Wildman–Crippen LogP) is 3.81. The number of rotatable bonds is 8. The number of amides is 3. The molecule has 1 fully saturated rings. The van der Waals surface area contributed by atoms with Crippen molar-refractivity contribution in [2.75, 3.05) is 17.7 Å². The third-order valence-electron chi connectivity index (χ3n) is 6.38. The van der Waals surface area contributed by atoms with E-state index in [2.05, 4.69) is 9.69 Å². The summed E-state index contributed by atoms with van der Waals surface area (Å²) in [6.07, 6.45) is 4.71. The van der Waals surface area contributed by atoms with Gasteiger partial charge in [0, 0.05) is 6.04 Å². The summed E-state index contributed by atoms with van der Waals surface area (Å²) in [6, 6.07) is 11.0. The van der Waals surface area contributed by atoms with Crippen molar-refractivity contribution in [1.82, 2.24) is 9.69 Å². The van der Waals surface area contributed by atoms with Gasteiger partial charge in [0.15, 0.2) is 5.69 Å². The van der Waals surface area contributed by atoms with Crippen LogP contribution in [0.2, 0.25) is 0 Å². The van der Waals surface area contributed by atoms with E-state index in [1.165, 1.54) is 25.3 Å². The number of anilines is 2. The molecule has 194 valence electrons. The van der Waals surface area contributed by atoms with E-state index in [9.17, 15) is 14.4 Å². The molecular weight excluding hydrogens is 497 g/mol. The van der Waals surface area contributed by atoms with Gasteiger partial charge in [0.2, 0.25) is 5.91 Å². The summed E-state index contributed by atoms with van der Waals surface area (Å²) >= 11 is 0.666. The van der Waals surface area contributed by atoms with Gasteiger partial charge in [-0.3, -0.25) is 19.3 Å². The minimum Gasteiger partial charge on any atom is -0.497 e. The maximum Gasteiger partial charge on any atom is 0.273 e. The van der Waals surface area contributed by atoms with Crippen LogP contribution < -0.4 is 26.4 Å². The van der Waals surface area contributed by atoms with Crippen molar-refractivity contribution in [1.29, 1.82) is 0 Å². The van der Waals surface area contributed by atoms with Crippen LogP contribution in [-0.2, 0) is 4.79 Å². The fourth-order valence-corrected chi connectivity index (χ4v) is 5.22. The summed E-state index contributed by atoms with van der Waals surface area (Å²) < 4.78 is 24.4. The molecule has 4 rings (SSSR count). The minimum absolute atomic E-state index is 0.0606. The summed E-state index contributed by atoms with van der Waals surface area (Å²) in [5.74, 6) is -2.30. The van der Waals surface area contributed by atoms with E-state index in [0.29, 0.717) is 22.8 Å². The molecule has 0 spiro atoms. The number of hydrogen-bond donors (Lipinski definition) is 3. The molecule has 2 aromatic carbocycles. The van der Waals surface area contributed by atoms with Crippen molar-refractivity contribution in [2.24, 2.45) is 5.73 Å². The zero-order valence-electron chi connectivity index (χ0n) is 20.3. The number of primary amides is 1. The van der Waals surface area contributed by atoms with Crippen molar-refractivity contribution in [3.8, 4) is 5.75 Å². The second kappa shape index (κ2) is 11.4. The first-order valence-electron chi connectivity index (χ1n) is 11.9. The lowest BCUT2D eigenvalue weighted by molar-refractivity contribution is -0.123. The highest BCUT2D eigenvalue weighted by molar-refractivity contribution is 7.09. The van der Waals surface area contributed by atoms with Crippen LogP contribution in [-0.4, -0.2) is 35.2 Å². The van der Waals surface area contributed by atoms with E-state index in [0.717, 1.165) is 37.0 Å². The summed E-state index contributed by atoms with van der Waals surface area (Å²) in [6.45, 7) is 0. The molecule has 0 saturated heterocycles. The van der Waals surface area contributed by atoms with Crippen LogP contribution >= 0.6 is 11.5 Å². The molecule has 37 heavy (non-hydrogen) atoms. The normalized spacial score (nSPS) is 14.5. The first kappa shape index (κ1) is 26.1. The number of nitrogens with two attached hydrogens (primary N) is 2. The van der Waals surface area contributed by atoms with Crippen LogP contribution in [0.3, 0.4) is 0 Å². The molecule has 11 heteroatoms. The maximum absolute atomic E-state index is 15.2. The highest BCUT2D eigenvalue weighted by Gasteiger charge is 2.38. The van der Waals surface area contributed by atoms with Crippen LogP contribution in [0.25, 0.3) is 0 Å². The fraction of sp³-hybridized carbons (Fsp3) is 0.308. The average Bonchev–Trinajstić information content (AvgIpc) is 3.29. The lowest BCUT2D eigenvalue weighted by Gasteiger charge is -2.33. The molecule has 0 unspecified atom stereocenters. The Morgan fingerprint density at radius 2 is 1.78 bits per heavy atom. The molecule has 0 bridgehead atoms. The van der Waals surface area contributed by atoms with Crippen LogP contribution in [0, 0.1) is 5.82 Å². The Morgan fingerprint density at radius 1 is 1.11 bits per heavy atom. The summed E-state index contributed by atoms with van der Waals surface area (Å²) in [5, 5.41) is 3.06. The molecule has 1 aromatic heterocycles. The third kappa shape index (κ3) is 5.56. The summed E-state index contributed by atoms with van der Waals surface area (Å²) in [7, 11) is 1.51. The number of para-hydroxylation sites is 1. The largest absolute Gasteiger partial charge is 0.497 e. The van der Waals surface area contributed by atoms with Crippen molar-refractivity contribution < 1.29 is 23.5 Å². The molecule has 3 aromatic rings. The van der Waals surface area contributed by atoms with Gasteiger partial charge in [-0.1, -0.05) is 43.5 Å². The molecule has 3 amide bonds. The van der Waals surface area contributed by atoms with Gasteiger partial charge >= 0.3 is 0 Å². The van der Waals surface area contributed by atoms with Crippen molar-refractivity contribution in [2.45, 2.75) is 44.2 Å². The molecule has 0 aliphatic heterocycles. The number of halogens is 1. The van der Waals surface area contributed by atoms with Crippen molar-refractivity contribution >= 4 is 40.6 Å². The number of ether oxygens (including phenoxy) is 1. The topological polar surface area (TPSA) is 141 Å². The number of nitrogens with zero attached hydrogens (tertiary/aromatic N) is 2. The molecule has 9 nitrogen and oxygen atoms in total. The fourth-order valence-electron chi connectivity index (χ4n) is 4.48. The quantitative estimate of drug-likeness (QED) is 0.408. The Bertz CT molecular complexity index is 1290. The predicted molar refractivity (Wildman–Crippen MR) is 139 cm³/mol. The number of carbonyl (C=O) groups is 3. The van der Waals surface area contributed by atoms with Gasteiger partial charge in [0.1, 0.15) is 22.5 Å².